The number of hydrogen-bond donors (Lipinski definition) is 3. The van der Waals surface area contributed by atoms with E-state index in [2.05, 4.69) is 15.7 Å². The lowest BCUT2D eigenvalue weighted by Crippen LogP contribution is -2.28. The molecule has 0 bridgehead atoms. The second-order valence-corrected chi connectivity index (χ2v) is 4.77. The Morgan fingerprint density at radius 3 is 2.57 bits per heavy atom. The van der Waals surface area contributed by atoms with E-state index in [9.17, 15) is 9.18 Å². The molecule has 0 aliphatic heterocycles. The number of amides is 1. The largest absolute Gasteiger partial charge is 0.345 e. The molecular formula is C15H17FN4O. The highest BCUT2D eigenvalue weighted by Gasteiger charge is 2.17. The molecule has 1 unspecified atom stereocenters. The molecule has 21 heavy (non-hydrogen) atoms. The number of pyridine rings is 1. The van der Waals surface area contributed by atoms with Gasteiger partial charge in [-0.1, -0.05) is 29.8 Å². The third-order valence-corrected chi connectivity index (χ3v) is 3.20. The summed E-state index contributed by atoms with van der Waals surface area (Å²) in [5, 5.41) is 2.75. The zero-order valence-electron chi connectivity index (χ0n) is 11.9. The molecule has 6 heteroatoms. The molecule has 110 valence electrons. The van der Waals surface area contributed by atoms with Crippen LogP contribution in [0.1, 0.15) is 34.5 Å². The fourth-order valence-corrected chi connectivity index (χ4v) is 1.93. The number of aromatic nitrogens is 1. The van der Waals surface area contributed by atoms with E-state index in [4.69, 9.17) is 5.84 Å². The van der Waals surface area contributed by atoms with Crippen LogP contribution in [0.5, 0.6) is 0 Å². The number of anilines is 1. The highest BCUT2D eigenvalue weighted by Crippen LogP contribution is 2.17. The van der Waals surface area contributed by atoms with Crippen LogP contribution < -0.4 is 16.6 Å². The molecular weight excluding hydrogens is 271 g/mol. The molecule has 0 aliphatic rings. The maximum Gasteiger partial charge on any atom is 0.254 e. The van der Waals surface area contributed by atoms with E-state index < -0.39 is 11.7 Å². The molecule has 0 aliphatic carbocycles. The van der Waals surface area contributed by atoms with Gasteiger partial charge in [0.15, 0.2) is 11.6 Å². The molecule has 0 fully saturated rings. The number of rotatable bonds is 4. The standard InChI is InChI=1S/C15H17FN4O/c1-9-3-5-11(6-4-9)10(2)19-15(21)12-7-8-18-14(20-17)13(12)16/h3-8,10H,17H2,1-2H3,(H,18,20)(H,19,21). The summed E-state index contributed by atoms with van der Waals surface area (Å²) in [6.07, 6.45) is 1.32. The number of nitrogen functional groups attached to an aromatic ring is 1. The first kappa shape index (κ1) is 14.9. The van der Waals surface area contributed by atoms with Gasteiger partial charge in [-0.2, -0.15) is 0 Å². The van der Waals surface area contributed by atoms with Crippen LogP contribution in [0.3, 0.4) is 0 Å². The topological polar surface area (TPSA) is 80.0 Å². The zero-order chi connectivity index (χ0) is 15.4. The molecule has 1 atom stereocenters. The number of aryl methyl sites for hydroxylation is 1. The summed E-state index contributed by atoms with van der Waals surface area (Å²) in [6.45, 7) is 3.82. The van der Waals surface area contributed by atoms with Crippen molar-refractivity contribution in [2.75, 3.05) is 5.43 Å². The van der Waals surface area contributed by atoms with Gasteiger partial charge < -0.3 is 10.7 Å². The van der Waals surface area contributed by atoms with Gasteiger partial charge in [0, 0.05) is 6.20 Å². The van der Waals surface area contributed by atoms with Gasteiger partial charge in [0.2, 0.25) is 0 Å². The Hall–Kier alpha value is -2.47. The van der Waals surface area contributed by atoms with E-state index in [0.29, 0.717) is 0 Å². The van der Waals surface area contributed by atoms with Gasteiger partial charge in [0.25, 0.3) is 5.91 Å². The van der Waals surface area contributed by atoms with Gasteiger partial charge in [0.1, 0.15) is 0 Å². The Labute approximate surface area is 122 Å². The summed E-state index contributed by atoms with van der Waals surface area (Å²) in [6, 6.07) is 8.85. The van der Waals surface area contributed by atoms with Crippen molar-refractivity contribution in [1.82, 2.24) is 10.3 Å². The first-order chi connectivity index (χ1) is 10.0. The molecule has 1 heterocycles. The summed E-state index contributed by atoms with van der Waals surface area (Å²) in [4.78, 5) is 15.8. The quantitative estimate of drug-likeness (QED) is 0.596. The minimum absolute atomic E-state index is 0.100. The third kappa shape index (κ3) is 3.35. The monoisotopic (exact) mass is 288 g/mol. The molecule has 4 N–H and O–H groups in total. The molecule has 0 radical (unpaired) electrons. The highest BCUT2D eigenvalue weighted by atomic mass is 19.1. The van der Waals surface area contributed by atoms with E-state index in [1.165, 1.54) is 12.3 Å². The average Bonchev–Trinajstić information content (AvgIpc) is 2.48. The van der Waals surface area contributed by atoms with Crippen molar-refractivity contribution in [3.05, 3.63) is 59.0 Å². The minimum atomic E-state index is -0.770. The van der Waals surface area contributed by atoms with Crippen LogP contribution in [0.4, 0.5) is 10.2 Å². The van der Waals surface area contributed by atoms with Crippen molar-refractivity contribution in [3.63, 3.8) is 0 Å². The molecule has 1 amide bonds. The Bertz CT molecular complexity index is 643. The summed E-state index contributed by atoms with van der Waals surface area (Å²) in [5.41, 5.74) is 4.10. The van der Waals surface area contributed by atoms with Crippen molar-refractivity contribution in [1.29, 1.82) is 0 Å². The predicted octanol–water partition coefficient (Wildman–Crippen LogP) is 2.31. The molecule has 0 saturated heterocycles. The summed E-state index contributed by atoms with van der Waals surface area (Å²) in [7, 11) is 0. The normalized spacial score (nSPS) is 11.8. The highest BCUT2D eigenvalue weighted by molar-refractivity contribution is 5.95. The van der Waals surface area contributed by atoms with Gasteiger partial charge >= 0.3 is 0 Å². The number of nitrogens with zero attached hydrogens (tertiary/aromatic N) is 1. The van der Waals surface area contributed by atoms with E-state index in [-0.39, 0.29) is 17.4 Å². The first-order valence-electron chi connectivity index (χ1n) is 6.51. The van der Waals surface area contributed by atoms with E-state index in [1.807, 2.05) is 38.1 Å². The number of nitrogens with one attached hydrogen (secondary N) is 2. The number of carbonyl (C=O) groups excluding carboxylic acids is 1. The Balaban J connectivity index is 2.16. The summed E-state index contributed by atoms with van der Waals surface area (Å²) >= 11 is 0. The average molecular weight is 288 g/mol. The van der Waals surface area contributed by atoms with Crippen LogP contribution in [0.25, 0.3) is 0 Å². The molecule has 5 nitrogen and oxygen atoms in total. The van der Waals surface area contributed by atoms with Crippen molar-refractivity contribution >= 4 is 11.7 Å². The molecule has 2 rings (SSSR count). The van der Waals surface area contributed by atoms with Crippen LogP contribution in [-0.4, -0.2) is 10.9 Å². The van der Waals surface area contributed by atoms with Crippen LogP contribution in [0.2, 0.25) is 0 Å². The second-order valence-electron chi connectivity index (χ2n) is 4.77. The maximum atomic E-state index is 14.0. The fraction of sp³-hybridized carbons (Fsp3) is 0.200. The van der Waals surface area contributed by atoms with Crippen molar-refractivity contribution in [2.24, 2.45) is 5.84 Å². The van der Waals surface area contributed by atoms with E-state index in [0.717, 1.165) is 11.1 Å². The molecule has 0 spiro atoms. The summed E-state index contributed by atoms with van der Waals surface area (Å²) < 4.78 is 14.0. The minimum Gasteiger partial charge on any atom is -0.345 e. The van der Waals surface area contributed by atoms with Crippen LogP contribution >= 0.6 is 0 Å². The summed E-state index contributed by atoms with van der Waals surface area (Å²) in [5.74, 6) is 3.70. The van der Waals surface area contributed by atoms with Crippen LogP contribution in [-0.2, 0) is 0 Å². The Morgan fingerprint density at radius 2 is 1.95 bits per heavy atom. The lowest BCUT2D eigenvalue weighted by molar-refractivity contribution is 0.0936. The van der Waals surface area contributed by atoms with Crippen LogP contribution in [0.15, 0.2) is 36.5 Å². The van der Waals surface area contributed by atoms with Gasteiger partial charge in [-0.25, -0.2) is 15.2 Å². The smallest absolute Gasteiger partial charge is 0.254 e. The van der Waals surface area contributed by atoms with E-state index >= 15 is 0 Å². The SMILES string of the molecule is Cc1ccc(C(C)NC(=O)c2ccnc(NN)c2F)cc1. The second kappa shape index (κ2) is 6.32. The number of carbonyl (C=O) groups is 1. The predicted molar refractivity (Wildman–Crippen MR) is 79.1 cm³/mol. The lowest BCUT2D eigenvalue weighted by Gasteiger charge is -2.15. The number of hydrazine groups is 1. The Morgan fingerprint density at radius 1 is 1.29 bits per heavy atom. The maximum absolute atomic E-state index is 14.0. The molecule has 0 saturated carbocycles. The van der Waals surface area contributed by atoms with Gasteiger partial charge in [-0.05, 0) is 25.5 Å². The fourth-order valence-electron chi connectivity index (χ4n) is 1.93. The Kier molecular flexibility index (Phi) is 4.49. The molecule has 1 aromatic carbocycles. The van der Waals surface area contributed by atoms with Crippen molar-refractivity contribution in [2.45, 2.75) is 19.9 Å². The van der Waals surface area contributed by atoms with Crippen molar-refractivity contribution in [3.8, 4) is 0 Å². The number of halogens is 1. The number of hydrogen-bond acceptors (Lipinski definition) is 4. The van der Waals surface area contributed by atoms with Crippen molar-refractivity contribution < 1.29 is 9.18 Å². The van der Waals surface area contributed by atoms with Gasteiger partial charge in [-0.3, -0.25) is 4.79 Å². The van der Waals surface area contributed by atoms with E-state index in [1.54, 1.807) is 0 Å². The molecule has 1 aromatic heterocycles. The van der Waals surface area contributed by atoms with Gasteiger partial charge in [0.05, 0.1) is 11.6 Å². The lowest BCUT2D eigenvalue weighted by atomic mass is 10.1. The molecule has 2 aromatic rings. The third-order valence-electron chi connectivity index (χ3n) is 3.20. The van der Waals surface area contributed by atoms with Crippen LogP contribution in [0, 0.1) is 12.7 Å². The first-order valence-corrected chi connectivity index (χ1v) is 6.51. The number of nitrogens with two attached hydrogens (primary N) is 1. The number of benzene rings is 1. The van der Waals surface area contributed by atoms with Gasteiger partial charge in [-0.15, -0.1) is 0 Å². The zero-order valence-corrected chi connectivity index (χ0v) is 11.9.